The molecule has 0 radical (unpaired) electrons. The molecule has 0 unspecified atom stereocenters. The van der Waals surface area contributed by atoms with E-state index in [2.05, 4.69) is 34.5 Å². The third-order valence-corrected chi connectivity index (χ3v) is 6.19. The molecule has 4 heterocycles. The van der Waals surface area contributed by atoms with E-state index in [0.29, 0.717) is 35.3 Å². The molecule has 2 fully saturated rings. The monoisotopic (exact) mass is 377 g/mol. The van der Waals surface area contributed by atoms with Gasteiger partial charge in [0.15, 0.2) is 5.65 Å². The standard InChI is InChI=1S/C21H23N5O2/c1-12-5-3-4-6-15(12)19-16-9-22-8-14(16)11-25(19)21(28)17-10-23-26-18(27)7-13(2)24-20(17)26/h3-7,10,14,16,19,22-23H,8-9,11H2,1-2H3/t14-,16-,19+/m0/s1. The number of fused-ring (bicyclic) bond motifs is 2. The van der Waals surface area contributed by atoms with Gasteiger partial charge in [-0.25, -0.2) is 9.50 Å². The van der Waals surface area contributed by atoms with Gasteiger partial charge < -0.3 is 10.2 Å². The van der Waals surface area contributed by atoms with Crippen molar-refractivity contribution in [1.29, 1.82) is 0 Å². The summed E-state index contributed by atoms with van der Waals surface area (Å²) < 4.78 is 1.33. The number of hydrogen-bond acceptors (Lipinski definition) is 4. The van der Waals surface area contributed by atoms with Crippen LogP contribution in [-0.4, -0.2) is 45.0 Å². The maximum Gasteiger partial charge on any atom is 0.272 e. The van der Waals surface area contributed by atoms with Gasteiger partial charge in [-0.3, -0.25) is 14.7 Å². The normalized spacial score (nSPS) is 24.1. The van der Waals surface area contributed by atoms with Gasteiger partial charge in [-0.05, 0) is 30.9 Å². The number of nitrogens with zero attached hydrogens (tertiary/aromatic N) is 3. The fourth-order valence-electron chi connectivity index (χ4n) is 4.85. The fraction of sp³-hybridized carbons (Fsp3) is 0.381. The Bertz CT molecular complexity index is 1130. The maximum atomic E-state index is 13.6. The van der Waals surface area contributed by atoms with Crippen LogP contribution in [0.1, 0.15) is 33.2 Å². The predicted molar refractivity (Wildman–Crippen MR) is 105 cm³/mol. The maximum absolute atomic E-state index is 13.6. The number of carbonyl (C=O) groups is 1. The van der Waals surface area contributed by atoms with Gasteiger partial charge in [0.2, 0.25) is 0 Å². The zero-order valence-electron chi connectivity index (χ0n) is 16.0. The van der Waals surface area contributed by atoms with Crippen LogP contribution >= 0.6 is 0 Å². The molecule has 2 aliphatic rings. The number of H-pyrrole nitrogens is 1. The molecule has 0 saturated carbocycles. The van der Waals surface area contributed by atoms with Crippen LogP contribution in [0.2, 0.25) is 0 Å². The average Bonchev–Trinajstić information content (AvgIpc) is 3.35. The molecule has 7 nitrogen and oxygen atoms in total. The number of aromatic nitrogens is 3. The minimum Gasteiger partial charge on any atom is -0.331 e. The van der Waals surface area contributed by atoms with Gasteiger partial charge in [-0.2, -0.15) is 0 Å². The van der Waals surface area contributed by atoms with E-state index in [-0.39, 0.29) is 17.5 Å². The highest BCUT2D eigenvalue weighted by molar-refractivity contribution is 6.00. The SMILES string of the molecule is Cc1cc(=O)n2[nH]cc(C(=O)N3C[C@@H]4CNC[C@@H]4[C@H]3c3ccccc3C)c2n1. The van der Waals surface area contributed by atoms with Gasteiger partial charge in [0.1, 0.15) is 5.56 Å². The van der Waals surface area contributed by atoms with E-state index in [1.807, 2.05) is 17.0 Å². The van der Waals surface area contributed by atoms with E-state index in [1.165, 1.54) is 21.7 Å². The van der Waals surface area contributed by atoms with Gasteiger partial charge in [-0.15, -0.1) is 0 Å². The summed E-state index contributed by atoms with van der Waals surface area (Å²) in [6.07, 6.45) is 1.60. The number of rotatable bonds is 2. The lowest BCUT2D eigenvalue weighted by atomic mass is 9.87. The van der Waals surface area contributed by atoms with E-state index >= 15 is 0 Å². The van der Waals surface area contributed by atoms with Crippen LogP contribution in [0, 0.1) is 25.7 Å². The molecule has 1 aromatic carbocycles. The molecular weight excluding hydrogens is 354 g/mol. The Hall–Kier alpha value is -2.93. The number of hydrogen-bond donors (Lipinski definition) is 2. The fourth-order valence-corrected chi connectivity index (χ4v) is 4.85. The number of aryl methyl sites for hydroxylation is 2. The van der Waals surface area contributed by atoms with Gasteiger partial charge in [0, 0.05) is 43.5 Å². The van der Waals surface area contributed by atoms with Crippen LogP contribution in [0.15, 0.2) is 41.3 Å². The Morgan fingerprint density at radius 3 is 2.86 bits per heavy atom. The highest BCUT2D eigenvalue weighted by atomic mass is 16.2. The lowest BCUT2D eigenvalue weighted by Crippen LogP contribution is -2.35. The number of benzene rings is 1. The zero-order valence-corrected chi connectivity index (χ0v) is 16.0. The summed E-state index contributed by atoms with van der Waals surface area (Å²) in [5.74, 6) is 0.766. The molecule has 144 valence electrons. The molecule has 3 aromatic rings. The zero-order chi connectivity index (χ0) is 19.4. The molecule has 3 atom stereocenters. The van der Waals surface area contributed by atoms with Crippen molar-refractivity contribution in [3.05, 3.63) is 69.3 Å². The van der Waals surface area contributed by atoms with Crippen molar-refractivity contribution in [3.8, 4) is 0 Å². The summed E-state index contributed by atoms with van der Waals surface area (Å²) in [7, 11) is 0. The number of likely N-dealkylation sites (tertiary alicyclic amines) is 1. The van der Waals surface area contributed by atoms with Crippen LogP contribution in [0.3, 0.4) is 0 Å². The average molecular weight is 377 g/mol. The Morgan fingerprint density at radius 1 is 1.21 bits per heavy atom. The molecule has 0 aliphatic carbocycles. The lowest BCUT2D eigenvalue weighted by molar-refractivity contribution is 0.0715. The summed E-state index contributed by atoms with van der Waals surface area (Å²) in [5.41, 5.74) is 3.65. The second-order valence-electron chi connectivity index (χ2n) is 7.92. The highest BCUT2D eigenvalue weighted by Crippen LogP contribution is 2.44. The Labute approximate surface area is 162 Å². The minimum atomic E-state index is -0.209. The third-order valence-electron chi connectivity index (χ3n) is 6.19. The summed E-state index contributed by atoms with van der Waals surface area (Å²) in [5, 5.41) is 6.37. The van der Waals surface area contributed by atoms with Crippen LogP contribution < -0.4 is 10.9 Å². The number of carbonyl (C=O) groups excluding carboxylic acids is 1. The molecule has 7 heteroatoms. The molecule has 5 rings (SSSR count). The molecule has 0 bridgehead atoms. The molecule has 2 aliphatic heterocycles. The highest BCUT2D eigenvalue weighted by Gasteiger charge is 2.47. The van der Waals surface area contributed by atoms with Crippen molar-refractivity contribution in [1.82, 2.24) is 24.8 Å². The number of nitrogens with one attached hydrogen (secondary N) is 2. The van der Waals surface area contributed by atoms with E-state index in [1.54, 1.807) is 13.1 Å². The largest absolute Gasteiger partial charge is 0.331 e. The summed E-state index contributed by atoms with van der Waals surface area (Å²) in [6.45, 7) is 6.43. The molecule has 1 amide bonds. The van der Waals surface area contributed by atoms with Gasteiger partial charge in [0.05, 0.1) is 6.04 Å². The summed E-state index contributed by atoms with van der Waals surface area (Å²) >= 11 is 0. The van der Waals surface area contributed by atoms with Gasteiger partial charge in [-0.1, -0.05) is 24.3 Å². The van der Waals surface area contributed by atoms with Crippen molar-refractivity contribution in [2.45, 2.75) is 19.9 Å². The lowest BCUT2D eigenvalue weighted by Gasteiger charge is -2.29. The van der Waals surface area contributed by atoms with E-state index in [9.17, 15) is 9.59 Å². The molecule has 2 aromatic heterocycles. The van der Waals surface area contributed by atoms with Gasteiger partial charge in [0.25, 0.3) is 11.5 Å². The molecular formula is C21H23N5O2. The summed E-state index contributed by atoms with van der Waals surface area (Å²) in [4.78, 5) is 32.2. The van der Waals surface area contributed by atoms with Crippen molar-refractivity contribution >= 4 is 11.6 Å². The van der Waals surface area contributed by atoms with Crippen molar-refractivity contribution in [2.24, 2.45) is 11.8 Å². The quantitative estimate of drug-likeness (QED) is 0.712. The van der Waals surface area contributed by atoms with Crippen LogP contribution in [0.5, 0.6) is 0 Å². The number of amides is 1. The third kappa shape index (κ3) is 2.50. The predicted octanol–water partition coefficient (Wildman–Crippen LogP) is 1.67. The second kappa shape index (κ2) is 6.31. The van der Waals surface area contributed by atoms with E-state index in [4.69, 9.17) is 0 Å². The topological polar surface area (TPSA) is 82.5 Å². The molecule has 0 spiro atoms. The molecule has 2 N–H and O–H groups in total. The summed E-state index contributed by atoms with van der Waals surface area (Å²) in [6, 6.07) is 9.78. The second-order valence-corrected chi connectivity index (χ2v) is 7.92. The van der Waals surface area contributed by atoms with Crippen molar-refractivity contribution < 1.29 is 4.79 Å². The van der Waals surface area contributed by atoms with E-state index < -0.39 is 0 Å². The Kier molecular flexibility index (Phi) is 3.87. The number of aromatic amines is 1. The van der Waals surface area contributed by atoms with Crippen LogP contribution in [0.25, 0.3) is 5.65 Å². The first-order valence-corrected chi connectivity index (χ1v) is 9.69. The molecule has 28 heavy (non-hydrogen) atoms. The van der Waals surface area contributed by atoms with Crippen molar-refractivity contribution in [3.63, 3.8) is 0 Å². The van der Waals surface area contributed by atoms with E-state index in [0.717, 1.165) is 13.1 Å². The van der Waals surface area contributed by atoms with Crippen LogP contribution in [-0.2, 0) is 0 Å². The van der Waals surface area contributed by atoms with Gasteiger partial charge >= 0.3 is 0 Å². The molecule has 2 saturated heterocycles. The first kappa shape index (κ1) is 17.2. The van der Waals surface area contributed by atoms with Crippen molar-refractivity contribution in [2.75, 3.05) is 19.6 Å². The Balaban J connectivity index is 1.61. The minimum absolute atomic E-state index is 0.0279. The first-order chi connectivity index (χ1) is 13.5. The smallest absolute Gasteiger partial charge is 0.272 e. The first-order valence-electron chi connectivity index (χ1n) is 9.69. The Morgan fingerprint density at radius 2 is 2.04 bits per heavy atom. The van der Waals surface area contributed by atoms with Crippen LogP contribution in [0.4, 0.5) is 0 Å².